The summed E-state index contributed by atoms with van der Waals surface area (Å²) in [5, 5.41) is 13.6. The molecule has 0 bridgehead atoms. The van der Waals surface area contributed by atoms with Gasteiger partial charge in [-0.1, -0.05) is 35.3 Å². The molecule has 0 saturated heterocycles. The molecule has 0 aliphatic rings. The van der Waals surface area contributed by atoms with Gasteiger partial charge in [-0.15, -0.1) is 11.3 Å². The lowest BCUT2D eigenvalue weighted by molar-refractivity contribution is 0.133. The minimum atomic E-state index is -0.492. The van der Waals surface area contributed by atoms with E-state index in [1.54, 1.807) is 23.5 Å². The fourth-order valence-electron chi connectivity index (χ4n) is 2.43. The lowest BCUT2D eigenvalue weighted by Gasteiger charge is -2.23. The Balaban J connectivity index is 1.96. The van der Waals surface area contributed by atoms with E-state index in [-0.39, 0.29) is 5.92 Å². The maximum absolute atomic E-state index is 10.4. The summed E-state index contributed by atoms with van der Waals surface area (Å²) in [5.41, 5.74) is 6.70. The Morgan fingerprint density at radius 3 is 2.67 bits per heavy atom. The molecule has 0 aliphatic heterocycles. The van der Waals surface area contributed by atoms with Crippen LogP contribution in [-0.4, -0.2) is 17.8 Å². The van der Waals surface area contributed by atoms with Gasteiger partial charge in [-0.25, -0.2) is 0 Å². The van der Waals surface area contributed by atoms with Crippen molar-refractivity contribution in [3.63, 3.8) is 0 Å². The summed E-state index contributed by atoms with van der Waals surface area (Å²) in [4.78, 5) is 1.34. The number of hydrogen-bond donors (Lipinski definition) is 2. The Morgan fingerprint density at radius 1 is 1.24 bits per heavy atom. The fraction of sp³-hybridized carbons (Fsp3) is 0.375. The normalized spacial score (nSPS) is 14.1. The van der Waals surface area contributed by atoms with Gasteiger partial charge < -0.3 is 10.8 Å². The van der Waals surface area contributed by atoms with E-state index in [1.165, 1.54) is 4.88 Å². The van der Waals surface area contributed by atoms with E-state index >= 15 is 0 Å². The molecule has 2 aromatic rings. The first-order valence-electron chi connectivity index (χ1n) is 6.97. The Hall–Kier alpha value is -0.580. The van der Waals surface area contributed by atoms with E-state index in [1.807, 2.05) is 12.1 Å². The summed E-state index contributed by atoms with van der Waals surface area (Å²) in [6, 6.07) is 9.49. The number of rotatable bonds is 7. The number of benzene rings is 1. The van der Waals surface area contributed by atoms with Gasteiger partial charge in [0.05, 0.1) is 6.10 Å². The van der Waals surface area contributed by atoms with Gasteiger partial charge in [0.25, 0.3) is 0 Å². The highest BCUT2D eigenvalue weighted by Crippen LogP contribution is 2.30. The second-order valence-electron chi connectivity index (χ2n) is 5.05. The maximum Gasteiger partial charge on any atom is 0.0621 e. The number of aliphatic hydroxyl groups excluding tert-OH is 1. The number of thiophene rings is 1. The third kappa shape index (κ3) is 4.70. The first kappa shape index (κ1) is 16.8. The van der Waals surface area contributed by atoms with E-state index in [2.05, 4.69) is 11.4 Å². The molecule has 5 heteroatoms. The molecule has 2 nitrogen and oxygen atoms in total. The largest absolute Gasteiger partial charge is 0.392 e. The van der Waals surface area contributed by atoms with Crippen molar-refractivity contribution in [1.82, 2.24) is 0 Å². The number of hydrogen-bond acceptors (Lipinski definition) is 3. The molecule has 1 aromatic carbocycles. The van der Waals surface area contributed by atoms with Gasteiger partial charge >= 0.3 is 0 Å². The van der Waals surface area contributed by atoms with Crippen molar-refractivity contribution in [1.29, 1.82) is 0 Å². The molecule has 2 atom stereocenters. The van der Waals surface area contributed by atoms with Gasteiger partial charge in [0, 0.05) is 27.4 Å². The quantitative estimate of drug-likeness (QED) is 0.778. The van der Waals surface area contributed by atoms with Crippen LogP contribution in [0.2, 0.25) is 10.0 Å². The van der Waals surface area contributed by atoms with Crippen LogP contribution in [0.1, 0.15) is 29.2 Å². The topological polar surface area (TPSA) is 46.2 Å². The zero-order valence-corrected chi connectivity index (χ0v) is 14.0. The van der Waals surface area contributed by atoms with Crippen molar-refractivity contribution in [2.24, 2.45) is 5.73 Å². The SMILES string of the molecule is NCC(c1ccc(Cl)cc1Cl)C(O)CCCc1cccs1. The molecule has 3 N–H and O–H groups in total. The summed E-state index contributed by atoms with van der Waals surface area (Å²) in [7, 11) is 0. The van der Waals surface area contributed by atoms with Crippen molar-refractivity contribution in [3.8, 4) is 0 Å². The maximum atomic E-state index is 10.4. The molecule has 0 aliphatic carbocycles. The van der Waals surface area contributed by atoms with Gasteiger partial charge in [-0.05, 0) is 48.4 Å². The van der Waals surface area contributed by atoms with Crippen LogP contribution in [0.25, 0.3) is 0 Å². The molecule has 2 rings (SSSR count). The summed E-state index contributed by atoms with van der Waals surface area (Å²) in [6.45, 7) is 0.363. The van der Waals surface area contributed by atoms with Crippen molar-refractivity contribution in [3.05, 3.63) is 56.2 Å². The Kier molecular flexibility index (Phi) is 6.52. The van der Waals surface area contributed by atoms with Crippen LogP contribution in [0.15, 0.2) is 35.7 Å². The Morgan fingerprint density at radius 2 is 2.05 bits per heavy atom. The summed E-state index contributed by atoms with van der Waals surface area (Å²) < 4.78 is 0. The molecule has 1 aromatic heterocycles. The van der Waals surface area contributed by atoms with Gasteiger partial charge in [-0.2, -0.15) is 0 Å². The predicted molar refractivity (Wildman–Crippen MR) is 91.5 cm³/mol. The van der Waals surface area contributed by atoms with Crippen molar-refractivity contribution in [2.45, 2.75) is 31.3 Å². The van der Waals surface area contributed by atoms with Crippen LogP contribution < -0.4 is 5.73 Å². The zero-order valence-electron chi connectivity index (χ0n) is 11.6. The highest BCUT2D eigenvalue weighted by molar-refractivity contribution is 7.09. The number of aryl methyl sites for hydroxylation is 1. The van der Waals surface area contributed by atoms with E-state index < -0.39 is 6.10 Å². The van der Waals surface area contributed by atoms with E-state index in [0.717, 1.165) is 18.4 Å². The monoisotopic (exact) mass is 343 g/mol. The van der Waals surface area contributed by atoms with Crippen LogP contribution >= 0.6 is 34.5 Å². The molecule has 2 unspecified atom stereocenters. The van der Waals surface area contributed by atoms with Gasteiger partial charge in [0.1, 0.15) is 0 Å². The molecule has 114 valence electrons. The molecule has 21 heavy (non-hydrogen) atoms. The predicted octanol–water partition coefficient (Wildman–Crippen LogP) is 4.48. The van der Waals surface area contributed by atoms with E-state index in [9.17, 15) is 5.11 Å². The van der Waals surface area contributed by atoms with Crippen LogP contribution in [0.5, 0.6) is 0 Å². The zero-order chi connectivity index (χ0) is 15.2. The molecular weight excluding hydrogens is 325 g/mol. The van der Waals surface area contributed by atoms with Crippen LogP contribution in [0.3, 0.4) is 0 Å². The van der Waals surface area contributed by atoms with Gasteiger partial charge in [0.2, 0.25) is 0 Å². The molecule has 0 radical (unpaired) electrons. The number of nitrogens with two attached hydrogens (primary N) is 1. The van der Waals surface area contributed by atoms with Crippen LogP contribution in [0.4, 0.5) is 0 Å². The summed E-state index contributed by atoms with van der Waals surface area (Å²) in [5.74, 6) is -0.155. The fourth-order valence-corrected chi connectivity index (χ4v) is 3.73. The molecule has 1 heterocycles. The van der Waals surface area contributed by atoms with Gasteiger partial charge in [0.15, 0.2) is 0 Å². The first-order chi connectivity index (χ1) is 10.1. The molecule has 0 saturated carbocycles. The first-order valence-corrected chi connectivity index (χ1v) is 8.61. The highest BCUT2D eigenvalue weighted by atomic mass is 35.5. The van der Waals surface area contributed by atoms with Crippen molar-refractivity contribution < 1.29 is 5.11 Å². The molecule has 0 spiro atoms. The number of halogens is 2. The third-order valence-corrected chi connectivity index (χ3v) is 5.08. The number of aliphatic hydroxyl groups is 1. The van der Waals surface area contributed by atoms with Gasteiger partial charge in [-0.3, -0.25) is 0 Å². The van der Waals surface area contributed by atoms with E-state index in [4.69, 9.17) is 28.9 Å². The molecule has 0 fully saturated rings. The van der Waals surface area contributed by atoms with Crippen LogP contribution in [-0.2, 0) is 6.42 Å². The smallest absolute Gasteiger partial charge is 0.0621 e. The van der Waals surface area contributed by atoms with E-state index in [0.29, 0.717) is 23.0 Å². The third-order valence-electron chi connectivity index (χ3n) is 3.58. The minimum absolute atomic E-state index is 0.155. The average Bonchev–Trinajstić information content (AvgIpc) is 2.95. The second kappa shape index (κ2) is 8.16. The van der Waals surface area contributed by atoms with Crippen molar-refractivity contribution >= 4 is 34.5 Å². The Labute approximate surface area is 139 Å². The second-order valence-corrected chi connectivity index (χ2v) is 6.92. The molecule has 0 amide bonds. The standard InChI is InChI=1S/C16H19Cl2NOS/c17-11-6-7-13(15(18)9-11)14(10-19)16(20)5-1-3-12-4-2-8-21-12/h2,4,6-9,14,16,20H,1,3,5,10,19H2. The molecular formula is C16H19Cl2NOS. The lowest BCUT2D eigenvalue weighted by Crippen LogP contribution is -2.26. The minimum Gasteiger partial charge on any atom is -0.392 e. The average molecular weight is 344 g/mol. The summed E-state index contributed by atoms with van der Waals surface area (Å²) in [6.07, 6.45) is 2.14. The summed E-state index contributed by atoms with van der Waals surface area (Å²) >= 11 is 13.9. The Bertz CT molecular complexity index is 559. The highest BCUT2D eigenvalue weighted by Gasteiger charge is 2.21. The van der Waals surface area contributed by atoms with Crippen molar-refractivity contribution in [2.75, 3.05) is 6.54 Å². The lowest BCUT2D eigenvalue weighted by atomic mass is 9.90. The van der Waals surface area contributed by atoms with Crippen LogP contribution in [0, 0.1) is 0 Å².